The normalized spacial score (nSPS) is 18.4. The van der Waals surface area contributed by atoms with Gasteiger partial charge in [0, 0.05) is 19.2 Å². The third-order valence-electron chi connectivity index (χ3n) is 3.74. The number of hydrogen-bond acceptors (Lipinski definition) is 4. The van der Waals surface area contributed by atoms with Gasteiger partial charge in [-0.2, -0.15) is 0 Å². The molecule has 1 fully saturated rings. The van der Waals surface area contributed by atoms with E-state index in [0.717, 1.165) is 32.4 Å². The van der Waals surface area contributed by atoms with Crippen LogP contribution in [0.1, 0.15) is 36.7 Å². The number of nitrogens with one attached hydrogen (secondary N) is 2. The molecular weight excluding hydrogens is 272 g/mol. The lowest BCUT2D eigenvalue weighted by Crippen LogP contribution is -2.38. The van der Waals surface area contributed by atoms with Crippen molar-refractivity contribution in [3.8, 4) is 0 Å². The predicted octanol–water partition coefficient (Wildman–Crippen LogP) is 1.54. The van der Waals surface area contributed by atoms with Crippen molar-refractivity contribution >= 4 is 11.6 Å². The molecule has 21 heavy (non-hydrogen) atoms. The molecule has 1 saturated heterocycles. The Labute approximate surface area is 123 Å². The van der Waals surface area contributed by atoms with Gasteiger partial charge < -0.3 is 15.2 Å². The average Bonchev–Trinajstić information content (AvgIpc) is 2.91. The summed E-state index contributed by atoms with van der Waals surface area (Å²) in [4.78, 5) is 22.6. The van der Waals surface area contributed by atoms with Gasteiger partial charge in [-0.05, 0) is 38.3 Å². The molecule has 1 aromatic rings. The quantitative estimate of drug-likeness (QED) is 0.615. The van der Waals surface area contributed by atoms with Gasteiger partial charge in [0.15, 0.2) is 0 Å². The lowest BCUT2D eigenvalue weighted by atomic mass is 10.00. The Hall–Kier alpha value is -1.89. The van der Waals surface area contributed by atoms with Crippen LogP contribution >= 0.6 is 0 Å². The van der Waals surface area contributed by atoms with E-state index in [1.165, 1.54) is 12.3 Å². The zero-order valence-corrected chi connectivity index (χ0v) is 12.3. The summed E-state index contributed by atoms with van der Waals surface area (Å²) in [5, 5.41) is 17.1. The van der Waals surface area contributed by atoms with Gasteiger partial charge in [-0.15, -0.1) is 0 Å². The fourth-order valence-electron chi connectivity index (χ4n) is 2.64. The SMILES string of the molecule is CCCn1cc([N+](=O)[O-])cc1C(=O)NCC1CCCNC1. The van der Waals surface area contributed by atoms with Gasteiger partial charge in [-0.1, -0.05) is 6.92 Å². The molecule has 1 aliphatic heterocycles. The standard InChI is InChI=1S/C14H22N4O3/c1-2-6-17-10-12(18(20)21)7-13(17)14(19)16-9-11-4-3-5-15-8-11/h7,10-11,15H,2-6,8-9H2,1H3,(H,16,19). The van der Waals surface area contributed by atoms with E-state index >= 15 is 0 Å². The topological polar surface area (TPSA) is 89.2 Å². The van der Waals surface area contributed by atoms with Crippen molar-refractivity contribution in [2.45, 2.75) is 32.7 Å². The average molecular weight is 294 g/mol. The van der Waals surface area contributed by atoms with Gasteiger partial charge in [-0.25, -0.2) is 0 Å². The van der Waals surface area contributed by atoms with E-state index in [2.05, 4.69) is 10.6 Å². The Morgan fingerprint density at radius 2 is 2.43 bits per heavy atom. The fourth-order valence-corrected chi connectivity index (χ4v) is 2.64. The van der Waals surface area contributed by atoms with Gasteiger partial charge in [0.05, 0.1) is 11.1 Å². The molecule has 0 bridgehead atoms. The summed E-state index contributed by atoms with van der Waals surface area (Å²) in [6.07, 6.45) is 4.47. The first-order chi connectivity index (χ1) is 10.1. The number of amides is 1. The highest BCUT2D eigenvalue weighted by molar-refractivity contribution is 5.93. The van der Waals surface area contributed by atoms with Gasteiger partial charge in [-0.3, -0.25) is 14.9 Å². The molecule has 0 spiro atoms. The zero-order valence-electron chi connectivity index (χ0n) is 12.3. The van der Waals surface area contributed by atoms with Crippen LogP contribution in [0.3, 0.4) is 0 Å². The van der Waals surface area contributed by atoms with Crippen molar-refractivity contribution in [3.63, 3.8) is 0 Å². The summed E-state index contributed by atoms with van der Waals surface area (Å²) >= 11 is 0. The van der Waals surface area contributed by atoms with Crippen LogP contribution in [-0.4, -0.2) is 35.0 Å². The first-order valence-corrected chi connectivity index (χ1v) is 7.45. The van der Waals surface area contributed by atoms with Gasteiger partial charge >= 0.3 is 0 Å². The van der Waals surface area contributed by atoms with Crippen LogP contribution in [0.5, 0.6) is 0 Å². The van der Waals surface area contributed by atoms with Crippen LogP contribution in [0.25, 0.3) is 0 Å². The number of carbonyl (C=O) groups excluding carboxylic acids is 1. The Morgan fingerprint density at radius 1 is 1.62 bits per heavy atom. The minimum atomic E-state index is -0.464. The van der Waals surface area contributed by atoms with E-state index in [1.54, 1.807) is 4.57 Å². The van der Waals surface area contributed by atoms with Crippen LogP contribution in [-0.2, 0) is 6.54 Å². The molecule has 1 atom stereocenters. The molecule has 2 N–H and O–H groups in total. The first-order valence-electron chi connectivity index (χ1n) is 7.45. The van der Waals surface area contributed by atoms with E-state index in [0.29, 0.717) is 24.7 Å². The minimum absolute atomic E-state index is 0.0343. The van der Waals surface area contributed by atoms with Crippen LogP contribution in [0.2, 0.25) is 0 Å². The van der Waals surface area contributed by atoms with Crippen LogP contribution in [0, 0.1) is 16.0 Å². The number of aromatic nitrogens is 1. The molecule has 2 rings (SSSR count). The molecule has 7 nitrogen and oxygen atoms in total. The number of rotatable bonds is 6. The number of aryl methyl sites for hydroxylation is 1. The summed E-state index contributed by atoms with van der Waals surface area (Å²) < 4.78 is 1.66. The maximum Gasteiger partial charge on any atom is 0.287 e. The summed E-state index contributed by atoms with van der Waals surface area (Å²) in [5.41, 5.74) is 0.334. The molecule has 7 heteroatoms. The van der Waals surface area contributed by atoms with Crippen LogP contribution in [0.15, 0.2) is 12.3 Å². The minimum Gasteiger partial charge on any atom is -0.350 e. The highest BCUT2D eigenvalue weighted by Gasteiger charge is 2.20. The molecule has 116 valence electrons. The third kappa shape index (κ3) is 4.04. The Bertz CT molecular complexity index is 506. The first kappa shape index (κ1) is 15.5. The molecule has 0 radical (unpaired) electrons. The van der Waals surface area contributed by atoms with Gasteiger partial charge in [0.25, 0.3) is 11.6 Å². The van der Waals surface area contributed by atoms with Gasteiger partial charge in [0.1, 0.15) is 5.69 Å². The second kappa shape index (κ2) is 7.21. The molecule has 1 amide bonds. The second-order valence-electron chi connectivity index (χ2n) is 5.46. The Kier molecular flexibility index (Phi) is 5.32. The number of hydrogen-bond donors (Lipinski definition) is 2. The lowest BCUT2D eigenvalue weighted by molar-refractivity contribution is -0.384. The maximum absolute atomic E-state index is 12.2. The molecule has 0 saturated carbocycles. The number of nitro groups is 1. The zero-order chi connectivity index (χ0) is 15.2. The lowest BCUT2D eigenvalue weighted by Gasteiger charge is -2.22. The molecular formula is C14H22N4O3. The molecule has 2 heterocycles. The third-order valence-corrected chi connectivity index (χ3v) is 3.74. The van der Waals surface area contributed by atoms with E-state index in [4.69, 9.17) is 0 Å². The summed E-state index contributed by atoms with van der Waals surface area (Å²) in [6.45, 7) is 5.13. The van der Waals surface area contributed by atoms with E-state index in [-0.39, 0.29) is 11.6 Å². The number of piperidine rings is 1. The van der Waals surface area contributed by atoms with E-state index in [1.807, 2.05) is 6.92 Å². The van der Waals surface area contributed by atoms with Crippen LogP contribution in [0.4, 0.5) is 5.69 Å². The van der Waals surface area contributed by atoms with Gasteiger partial charge in [0.2, 0.25) is 0 Å². The van der Waals surface area contributed by atoms with Crippen molar-refractivity contribution in [2.24, 2.45) is 5.92 Å². The predicted molar refractivity (Wildman–Crippen MR) is 79.3 cm³/mol. The van der Waals surface area contributed by atoms with Crippen molar-refractivity contribution in [3.05, 3.63) is 28.1 Å². The monoisotopic (exact) mass is 294 g/mol. The van der Waals surface area contributed by atoms with Crippen molar-refractivity contribution in [1.82, 2.24) is 15.2 Å². The molecule has 0 aromatic carbocycles. The fraction of sp³-hybridized carbons (Fsp3) is 0.643. The maximum atomic E-state index is 12.2. The summed E-state index contributed by atoms with van der Waals surface area (Å²) in [6, 6.07) is 1.35. The number of nitrogens with zero attached hydrogens (tertiary/aromatic N) is 2. The largest absolute Gasteiger partial charge is 0.350 e. The smallest absolute Gasteiger partial charge is 0.287 e. The summed E-state index contributed by atoms with van der Waals surface area (Å²) in [5.74, 6) is 0.203. The highest BCUT2D eigenvalue weighted by atomic mass is 16.6. The van der Waals surface area contributed by atoms with E-state index in [9.17, 15) is 14.9 Å². The molecule has 0 aliphatic carbocycles. The second-order valence-corrected chi connectivity index (χ2v) is 5.46. The molecule has 1 aromatic heterocycles. The Morgan fingerprint density at radius 3 is 3.05 bits per heavy atom. The Balaban J connectivity index is 2.01. The summed E-state index contributed by atoms with van der Waals surface area (Å²) in [7, 11) is 0. The van der Waals surface area contributed by atoms with Crippen molar-refractivity contribution < 1.29 is 9.72 Å². The number of carbonyl (C=O) groups is 1. The van der Waals surface area contributed by atoms with E-state index < -0.39 is 4.92 Å². The van der Waals surface area contributed by atoms with Crippen LogP contribution < -0.4 is 10.6 Å². The van der Waals surface area contributed by atoms with Crippen molar-refractivity contribution in [1.29, 1.82) is 0 Å². The molecule has 1 unspecified atom stereocenters. The highest BCUT2D eigenvalue weighted by Crippen LogP contribution is 2.17. The molecule has 1 aliphatic rings. The van der Waals surface area contributed by atoms with Crippen molar-refractivity contribution in [2.75, 3.05) is 19.6 Å².